The van der Waals surface area contributed by atoms with Gasteiger partial charge < -0.3 is 14.2 Å². The first-order valence-corrected chi connectivity index (χ1v) is 5.33. The summed E-state index contributed by atoms with van der Waals surface area (Å²) in [6.45, 7) is 4.20. The quantitative estimate of drug-likeness (QED) is 0.596. The predicted octanol–water partition coefficient (Wildman–Crippen LogP) is 2.42. The molecule has 0 amide bonds. The zero-order valence-electron chi connectivity index (χ0n) is 9.63. The van der Waals surface area contributed by atoms with Crippen molar-refractivity contribution >= 4 is 5.69 Å². The molecule has 1 heterocycles. The van der Waals surface area contributed by atoms with Crippen LogP contribution in [0.3, 0.4) is 0 Å². The largest absolute Gasteiger partial charge is 0.454 e. The maximum Gasteiger partial charge on any atom is 0.279 e. The maximum absolute atomic E-state index is 11.0. The van der Waals surface area contributed by atoms with Crippen molar-refractivity contribution in [2.75, 3.05) is 13.4 Å². The second kappa shape index (κ2) is 4.58. The number of rotatable bonds is 4. The van der Waals surface area contributed by atoms with E-state index < -0.39 is 4.92 Å². The number of nitro groups is 1. The Morgan fingerprint density at radius 1 is 1.47 bits per heavy atom. The van der Waals surface area contributed by atoms with E-state index in [1.165, 1.54) is 6.07 Å². The molecule has 0 aliphatic carbocycles. The van der Waals surface area contributed by atoms with Gasteiger partial charge in [0.15, 0.2) is 11.5 Å². The van der Waals surface area contributed by atoms with E-state index in [1.54, 1.807) is 13.0 Å². The lowest BCUT2D eigenvalue weighted by Crippen LogP contribution is -2.03. The molecule has 0 saturated carbocycles. The molecule has 0 saturated heterocycles. The molecule has 1 aliphatic rings. The molecule has 1 atom stereocenters. The minimum atomic E-state index is -0.438. The molecule has 1 aromatic rings. The lowest BCUT2D eigenvalue weighted by Gasteiger charge is -2.12. The minimum Gasteiger partial charge on any atom is -0.454 e. The van der Waals surface area contributed by atoms with Gasteiger partial charge in [-0.3, -0.25) is 10.1 Å². The van der Waals surface area contributed by atoms with Gasteiger partial charge in [-0.15, -0.1) is 0 Å². The summed E-state index contributed by atoms with van der Waals surface area (Å²) in [6, 6.07) is 2.99. The van der Waals surface area contributed by atoms with E-state index >= 15 is 0 Å². The summed E-state index contributed by atoms with van der Waals surface area (Å²) in [5.74, 6) is 0.932. The van der Waals surface area contributed by atoms with Crippen LogP contribution in [0.4, 0.5) is 5.69 Å². The van der Waals surface area contributed by atoms with Crippen molar-refractivity contribution in [2.24, 2.45) is 0 Å². The summed E-state index contributed by atoms with van der Waals surface area (Å²) < 4.78 is 15.7. The maximum atomic E-state index is 11.0. The molecule has 0 fully saturated rings. The highest BCUT2D eigenvalue weighted by atomic mass is 16.7. The van der Waals surface area contributed by atoms with Gasteiger partial charge in [0.1, 0.15) is 0 Å². The third-order valence-electron chi connectivity index (χ3n) is 2.57. The first-order valence-electron chi connectivity index (χ1n) is 5.33. The number of hydrogen-bond acceptors (Lipinski definition) is 5. The van der Waals surface area contributed by atoms with E-state index in [9.17, 15) is 10.1 Å². The van der Waals surface area contributed by atoms with Crippen LogP contribution >= 0.6 is 0 Å². The van der Waals surface area contributed by atoms with Gasteiger partial charge in [-0.25, -0.2) is 0 Å². The van der Waals surface area contributed by atoms with Crippen molar-refractivity contribution in [3.63, 3.8) is 0 Å². The molecule has 1 aromatic carbocycles. The Morgan fingerprint density at radius 3 is 2.71 bits per heavy atom. The van der Waals surface area contributed by atoms with E-state index in [-0.39, 0.29) is 18.6 Å². The first kappa shape index (κ1) is 11.7. The molecule has 0 bridgehead atoms. The highest BCUT2D eigenvalue weighted by molar-refractivity contribution is 5.55. The summed E-state index contributed by atoms with van der Waals surface area (Å²) in [4.78, 5) is 10.5. The van der Waals surface area contributed by atoms with Crippen molar-refractivity contribution in [1.82, 2.24) is 0 Å². The van der Waals surface area contributed by atoms with Gasteiger partial charge in [0.05, 0.1) is 22.7 Å². The van der Waals surface area contributed by atoms with Crippen LogP contribution < -0.4 is 9.47 Å². The topological polar surface area (TPSA) is 70.8 Å². The fourth-order valence-electron chi connectivity index (χ4n) is 1.77. The molecule has 6 nitrogen and oxygen atoms in total. The first-order chi connectivity index (χ1) is 8.13. The van der Waals surface area contributed by atoms with Crippen LogP contribution in [0.1, 0.15) is 25.5 Å². The summed E-state index contributed by atoms with van der Waals surface area (Å²) in [6.07, 6.45) is -0.352. The normalized spacial score (nSPS) is 14.7. The molecule has 2 rings (SSSR count). The molecule has 6 heteroatoms. The Balaban J connectivity index is 2.45. The number of ether oxygens (including phenoxy) is 3. The molecule has 0 aromatic heterocycles. The van der Waals surface area contributed by atoms with E-state index in [2.05, 4.69) is 0 Å². The molecule has 0 N–H and O–H groups in total. The van der Waals surface area contributed by atoms with E-state index in [1.807, 2.05) is 6.92 Å². The monoisotopic (exact) mass is 239 g/mol. The Kier molecular flexibility index (Phi) is 3.14. The molecule has 17 heavy (non-hydrogen) atoms. The van der Waals surface area contributed by atoms with Crippen molar-refractivity contribution in [1.29, 1.82) is 0 Å². The molecule has 0 radical (unpaired) electrons. The smallest absolute Gasteiger partial charge is 0.279 e. The molecular weight excluding hydrogens is 226 g/mol. The van der Waals surface area contributed by atoms with Crippen molar-refractivity contribution in [3.8, 4) is 11.5 Å². The van der Waals surface area contributed by atoms with Crippen LogP contribution in [0.25, 0.3) is 0 Å². The Morgan fingerprint density at radius 2 is 2.12 bits per heavy atom. The standard InChI is InChI=1S/C11H13NO5/c1-3-15-7(2)8-4-10-11(17-6-16-10)5-9(8)12(13)14/h4-5,7H,3,6H2,1-2H3. The van der Waals surface area contributed by atoms with Crippen molar-refractivity contribution in [3.05, 3.63) is 27.8 Å². The number of hydrogen-bond donors (Lipinski definition) is 0. The molecule has 92 valence electrons. The van der Waals surface area contributed by atoms with Gasteiger partial charge in [-0.05, 0) is 19.9 Å². The third kappa shape index (κ3) is 2.16. The lowest BCUT2D eigenvalue weighted by atomic mass is 10.1. The molecular formula is C11H13NO5. The van der Waals surface area contributed by atoms with Gasteiger partial charge >= 0.3 is 0 Å². The Bertz CT molecular complexity index is 446. The second-order valence-electron chi connectivity index (χ2n) is 3.62. The average Bonchev–Trinajstić information content (AvgIpc) is 2.74. The van der Waals surface area contributed by atoms with E-state index in [4.69, 9.17) is 14.2 Å². The second-order valence-corrected chi connectivity index (χ2v) is 3.62. The Labute approximate surface area is 98.2 Å². The van der Waals surface area contributed by atoms with Crippen LogP contribution in [-0.4, -0.2) is 18.3 Å². The SMILES string of the molecule is CCOC(C)c1cc2c(cc1[N+](=O)[O-])OCO2. The highest BCUT2D eigenvalue weighted by Crippen LogP contribution is 2.40. The number of fused-ring (bicyclic) bond motifs is 1. The van der Waals surface area contributed by atoms with E-state index in [0.29, 0.717) is 23.7 Å². The van der Waals surface area contributed by atoms with Crippen LogP contribution in [0.5, 0.6) is 11.5 Å². The Hall–Kier alpha value is -1.82. The van der Waals surface area contributed by atoms with Gasteiger partial charge in [-0.2, -0.15) is 0 Å². The minimum absolute atomic E-state index is 0.00444. The lowest BCUT2D eigenvalue weighted by molar-refractivity contribution is -0.386. The molecule has 1 unspecified atom stereocenters. The van der Waals surface area contributed by atoms with Crippen LogP contribution in [-0.2, 0) is 4.74 Å². The average molecular weight is 239 g/mol. The summed E-state index contributed by atoms with van der Waals surface area (Å²) in [7, 11) is 0. The predicted molar refractivity (Wildman–Crippen MR) is 59.3 cm³/mol. The van der Waals surface area contributed by atoms with Crippen LogP contribution in [0.15, 0.2) is 12.1 Å². The fourth-order valence-corrected chi connectivity index (χ4v) is 1.77. The number of nitrogens with zero attached hydrogens (tertiary/aromatic N) is 1. The summed E-state index contributed by atoms with van der Waals surface area (Å²) >= 11 is 0. The van der Waals surface area contributed by atoms with Crippen molar-refractivity contribution in [2.45, 2.75) is 20.0 Å². The molecule has 0 spiro atoms. The number of nitro benzene ring substituents is 1. The third-order valence-corrected chi connectivity index (χ3v) is 2.57. The highest BCUT2D eigenvalue weighted by Gasteiger charge is 2.26. The summed E-state index contributed by atoms with van der Waals surface area (Å²) in [5, 5.41) is 11.0. The molecule has 1 aliphatic heterocycles. The zero-order chi connectivity index (χ0) is 12.4. The van der Waals surface area contributed by atoms with E-state index in [0.717, 1.165) is 0 Å². The fraction of sp³-hybridized carbons (Fsp3) is 0.455. The van der Waals surface area contributed by atoms with Gasteiger partial charge in [0.25, 0.3) is 5.69 Å². The zero-order valence-corrected chi connectivity index (χ0v) is 9.63. The van der Waals surface area contributed by atoms with Crippen LogP contribution in [0.2, 0.25) is 0 Å². The van der Waals surface area contributed by atoms with Gasteiger partial charge in [-0.1, -0.05) is 0 Å². The summed E-state index contributed by atoms with van der Waals surface area (Å²) in [5.41, 5.74) is 0.497. The van der Waals surface area contributed by atoms with Crippen LogP contribution in [0, 0.1) is 10.1 Å². The van der Waals surface area contributed by atoms with Crippen molar-refractivity contribution < 1.29 is 19.1 Å². The van der Waals surface area contributed by atoms with Gasteiger partial charge in [0, 0.05) is 6.61 Å². The van der Waals surface area contributed by atoms with Gasteiger partial charge in [0.2, 0.25) is 6.79 Å². The number of benzene rings is 1.